The maximum absolute atomic E-state index is 11.8. The number of aliphatic carboxylic acids is 1. The van der Waals surface area contributed by atoms with Crippen molar-refractivity contribution in [2.24, 2.45) is 17.8 Å². The van der Waals surface area contributed by atoms with Crippen LogP contribution in [0.15, 0.2) is 0 Å². The SMILES string of the molecule is CC(C)[C@@H]1C[C@H]1NC(=O)NC1CCC(C(=O)O)CC1. The molecule has 2 rings (SSSR count). The molecule has 0 bridgehead atoms. The second-order valence-corrected chi connectivity index (χ2v) is 6.25. The number of hydrogen-bond acceptors (Lipinski definition) is 2. The molecule has 0 aromatic carbocycles. The Labute approximate surface area is 114 Å². The van der Waals surface area contributed by atoms with Crippen molar-refractivity contribution < 1.29 is 14.7 Å². The van der Waals surface area contributed by atoms with E-state index in [1.807, 2.05) is 0 Å². The highest BCUT2D eigenvalue weighted by Gasteiger charge is 2.40. The zero-order valence-corrected chi connectivity index (χ0v) is 11.7. The zero-order chi connectivity index (χ0) is 14.0. The van der Waals surface area contributed by atoms with Gasteiger partial charge in [-0.3, -0.25) is 4.79 Å². The highest BCUT2D eigenvalue weighted by molar-refractivity contribution is 5.75. The molecule has 2 atom stereocenters. The predicted molar refractivity (Wildman–Crippen MR) is 71.8 cm³/mol. The van der Waals surface area contributed by atoms with E-state index in [-0.39, 0.29) is 18.0 Å². The van der Waals surface area contributed by atoms with E-state index in [9.17, 15) is 9.59 Å². The van der Waals surface area contributed by atoms with Crippen LogP contribution in [0.2, 0.25) is 0 Å². The summed E-state index contributed by atoms with van der Waals surface area (Å²) in [6.45, 7) is 4.36. The Bertz CT molecular complexity index is 349. The second-order valence-electron chi connectivity index (χ2n) is 6.25. The summed E-state index contributed by atoms with van der Waals surface area (Å²) in [5, 5.41) is 14.9. The molecule has 5 heteroatoms. The smallest absolute Gasteiger partial charge is 0.315 e. The van der Waals surface area contributed by atoms with E-state index in [4.69, 9.17) is 5.11 Å². The third-order valence-corrected chi connectivity index (χ3v) is 4.42. The second kappa shape index (κ2) is 5.80. The number of amides is 2. The Morgan fingerprint density at radius 3 is 2.21 bits per heavy atom. The number of nitrogens with one attached hydrogen (secondary N) is 2. The Hall–Kier alpha value is -1.26. The van der Waals surface area contributed by atoms with Gasteiger partial charge in [-0.25, -0.2) is 4.79 Å². The van der Waals surface area contributed by atoms with Gasteiger partial charge < -0.3 is 15.7 Å². The van der Waals surface area contributed by atoms with Gasteiger partial charge in [-0.15, -0.1) is 0 Å². The zero-order valence-electron chi connectivity index (χ0n) is 11.7. The van der Waals surface area contributed by atoms with Crippen LogP contribution in [0.4, 0.5) is 4.79 Å². The van der Waals surface area contributed by atoms with Crippen LogP contribution in [-0.2, 0) is 4.79 Å². The maximum atomic E-state index is 11.8. The van der Waals surface area contributed by atoms with Crippen LogP contribution < -0.4 is 10.6 Å². The number of carbonyl (C=O) groups is 2. The van der Waals surface area contributed by atoms with E-state index in [0.29, 0.717) is 30.7 Å². The van der Waals surface area contributed by atoms with Crippen molar-refractivity contribution in [3.63, 3.8) is 0 Å². The number of urea groups is 1. The number of carbonyl (C=O) groups excluding carboxylic acids is 1. The summed E-state index contributed by atoms with van der Waals surface area (Å²) >= 11 is 0. The van der Waals surface area contributed by atoms with Crippen molar-refractivity contribution in [1.29, 1.82) is 0 Å². The fourth-order valence-corrected chi connectivity index (χ4v) is 3.00. The van der Waals surface area contributed by atoms with Crippen molar-refractivity contribution in [2.75, 3.05) is 0 Å². The summed E-state index contributed by atoms with van der Waals surface area (Å²) in [6, 6.07) is 0.370. The minimum atomic E-state index is -0.708. The van der Waals surface area contributed by atoms with Crippen molar-refractivity contribution in [2.45, 2.75) is 58.0 Å². The van der Waals surface area contributed by atoms with E-state index in [0.717, 1.165) is 19.3 Å². The Morgan fingerprint density at radius 2 is 1.74 bits per heavy atom. The van der Waals surface area contributed by atoms with Crippen molar-refractivity contribution in [3.8, 4) is 0 Å². The average Bonchev–Trinajstić information content (AvgIpc) is 3.09. The first-order valence-corrected chi connectivity index (χ1v) is 7.27. The van der Waals surface area contributed by atoms with Gasteiger partial charge in [-0.2, -0.15) is 0 Å². The van der Waals surface area contributed by atoms with Gasteiger partial charge in [-0.1, -0.05) is 13.8 Å². The van der Waals surface area contributed by atoms with Crippen LogP contribution in [-0.4, -0.2) is 29.2 Å². The van der Waals surface area contributed by atoms with Gasteiger partial charge in [0, 0.05) is 12.1 Å². The molecule has 0 aromatic rings. The third kappa shape index (κ3) is 3.85. The van der Waals surface area contributed by atoms with E-state index in [2.05, 4.69) is 24.5 Å². The van der Waals surface area contributed by atoms with Crippen molar-refractivity contribution >= 4 is 12.0 Å². The van der Waals surface area contributed by atoms with Gasteiger partial charge >= 0.3 is 12.0 Å². The number of carboxylic acids is 1. The minimum absolute atomic E-state index is 0.0908. The molecule has 3 N–H and O–H groups in total. The molecule has 0 heterocycles. The standard InChI is InChI=1S/C14H24N2O3/c1-8(2)11-7-12(11)16-14(19)15-10-5-3-9(4-6-10)13(17)18/h8-12H,3-7H2,1-2H3,(H,17,18)(H2,15,16,19)/t9?,10?,11-,12+/m0/s1. The van der Waals surface area contributed by atoms with Gasteiger partial charge in [-0.05, 0) is 43.9 Å². The van der Waals surface area contributed by atoms with Crippen LogP contribution in [0.5, 0.6) is 0 Å². The van der Waals surface area contributed by atoms with Crippen LogP contribution >= 0.6 is 0 Å². The van der Waals surface area contributed by atoms with E-state index < -0.39 is 5.97 Å². The largest absolute Gasteiger partial charge is 0.481 e. The fourth-order valence-electron chi connectivity index (χ4n) is 3.00. The van der Waals surface area contributed by atoms with Crippen molar-refractivity contribution in [1.82, 2.24) is 10.6 Å². The lowest BCUT2D eigenvalue weighted by molar-refractivity contribution is -0.142. The molecule has 0 saturated heterocycles. The number of carboxylic acid groups (broad SMARTS) is 1. The van der Waals surface area contributed by atoms with Gasteiger partial charge in [0.15, 0.2) is 0 Å². The van der Waals surface area contributed by atoms with Gasteiger partial charge in [0.1, 0.15) is 0 Å². The molecule has 0 spiro atoms. The quantitative estimate of drug-likeness (QED) is 0.729. The van der Waals surface area contributed by atoms with Gasteiger partial charge in [0.2, 0.25) is 0 Å². The Kier molecular flexibility index (Phi) is 4.32. The molecular weight excluding hydrogens is 244 g/mol. The molecule has 2 saturated carbocycles. The summed E-state index contributed by atoms with van der Waals surface area (Å²) < 4.78 is 0. The summed E-state index contributed by atoms with van der Waals surface area (Å²) in [6.07, 6.45) is 3.94. The molecule has 2 fully saturated rings. The lowest BCUT2D eigenvalue weighted by Gasteiger charge is -2.26. The first-order valence-electron chi connectivity index (χ1n) is 7.27. The van der Waals surface area contributed by atoms with Gasteiger partial charge in [0.25, 0.3) is 0 Å². The van der Waals surface area contributed by atoms with Crippen LogP contribution in [0.1, 0.15) is 46.0 Å². The van der Waals surface area contributed by atoms with Crippen molar-refractivity contribution in [3.05, 3.63) is 0 Å². The molecule has 2 amide bonds. The highest BCUT2D eigenvalue weighted by Crippen LogP contribution is 2.37. The molecule has 0 unspecified atom stereocenters. The monoisotopic (exact) mass is 268 g/mol. The average molecular weight is 268 g/mol. The normalized spacial score (nSPS) is 33.8. The van der Waals surface area contributed by atoms with Crippen LogP contribution in [0, 0.1) is 17.8 Å². The molecule has 0 aromatic heterocycles. The lowest BCUT2D eigenvalue weighted by atomic mass is 9.86. The highest BCUT2D eigenvalue weighted by atomic mass is 16.4. The Morgan fingerprint density at radius 1 is 1.11 bits per heavy atom. The molecule has 19 heavy (non-hydrogen) atoms. The molecule has 2 aliphatic rings. The van der Waals surface area contributed by atoms with Gasteiger partial charge in [0.05, 0.1) is 5.92 Å². The molecule has 108 valence electrons. The summed E-state index contributed by atoms with van der Waals surface area (Å²) in [5.74, 6) is 0.306. The minimum Gasteiger partial charge on any atom is -0.481 e. The van der Waals surface area contributed by atoms with Crippen LogP contribution in [0.3, 0.4) is 0 Å². The fraction of sp³-hybridized carbons (Fsp3) is 0.857. The third-order valence-electron chi connectivity index (χ3n) is 4.42. The topological polar surface area (TPSA) is 78.4 Å². The summed E-state index contributed by atoms with van der Waals surface area (Å²) in [4.78, 5) is 22.6. The summed E-state index contributed by atoms with van der Waals surface area (Å²) in [7, 11) is 0. The van der Waals surface area contributed by atoms with Crippen LogP contribution in [0.25, 0.3) is 0 Å². The van der Waals surface area contributed by atoms with E-state index >= 15 is 0 Å². The number of rotatable bonds is 4. The molecule has 0 radical (unpaired) electrons. The maximum Gasteiger partial charge on any atom is 0.315 e. The first-order chi connectivity index (χ1) is 8.97. The predicted octanol–water partition coefficient (Wildman–Crippen LogP) is 1.97. The molecular formula is C14H24N2O3. The summed E-state index contributed by atoms with van der Waals surface area (Å²) in [5.41, 5.74) is 0. The number of hydrogen-bond donors (Lipinski definition) is 3. The molecule has 2 aliphatic carbocycles. The first kappa shape index (κ1) is 14.2. The van der Waals surface area contributed by atoms with E-state index in [1.165, 1.54) is 0 Å². The Balaban J connectivity index is 1.66. The van der Waals surface area contributed by atoms with E-state index in [1.54, 1.807) is 0 Å². The lowest BCUT2D eigenvalue weighted by Crippen LogP contribution is -2.45. The molecule has 0 aliphatic heterocycles. The molecule has 5 nitrogen and oxygen atoms in total.